The van der Waals surface area contributed by atoms with E-state index in [1.165, 1.54) is 17.4 Å². The lowest BCUT2D eigenvalue weighted by Crippen LogP contribution is -2.42. The SMILES string of the molecule is CN=C(NCCCNC(=O)c1cccs1)NCC1(c2cccc(F)c2)CC1.I. The van der Waals surface area contributed by atoms with Crippen molar-refractivity contribution in [1.29, 1.82) is 0 Å². The van der Waals surface area contributed by atoms with Crippen LogP contribution >= 0.6 is 35.3 Å². The number of carbonyl (C=O) groups excluding carboxylic acids is 1. The predicted octanol–water partition coefficient (Wildman–Crippen LogP) is 3.52. The minimum atomic E-state index is -0.189. The third-order valence-electron chi connectivity index (χ3n) is 4.78. The molecule has 2 aromatic rings. The molecule has 1 aromatic carbocycles. The number of thiophene rings is 1. The van der Waals surface area contributed by atoms with Crippen LogP contribution in [0.3, 0.4) is 0 Å². The number of benzene rings is 1. The van der Waals surface area contributed by atoms with Crippen molar-refractivity contribution in [3.63, 3.8) is 0 Å². The number of amides is 1. The zero-order valence-electron chi connectivity index (χ0n) is 15.8. The molecule has 152 valence electrons. The molecule has 0 bridgehead atoms. The number of nitrogens with one attached hydrogen (secondary N) is 3. The first-order valence-corrected chi connectivity index (χ1v) is 10.0. The zero-order valence-corrected chi connectivity index (χ0v) is 19.0. The maximum Gasteiger partial charge on any atom is 0.261 e. The summed E-state index contributed by atoms with van der Waals surface area (Å²) in [6.45, 7) is 2.04. The Hall–Kier alpha value is -1.68. The number of hydrogen-bond acceptors (Lipinski definition) is 3. The smallest absolute Gasteiger partial charge is 0.261 e. The Morgan fingerprint density at radius 1 is 1.18 bits per heavy atom. The minimum Gasteiger partial charge on any atom is -0.356 e. The predicted molar refractivity (Wildman–Crippen MR) is 123 cm³/mol. The Bertz CT molecular complexity index is 793. The highest BCUT2D eigenvalue weighted by Crippen LogP contribution is 2.47. The molecule has 1 amide bonds. The molecule has 0 aliphatic heterocycles. The normalized spacial score (nSPS) is 14.7. The van der Waals surface area contributed by atoms with Gasteiger partial charge in [-0.3, -0.25) is 9.79 Å². The van der Waals surface area contributed by atoms with E-state index in [-0.39, 0.29) is 41.1 Å². The average molecular weight is 516 g/mol. The molecule has 5 nitrogen and oxygen atoms in total. The van der Waals surface area contributed by atoms with Crippen LogP contribution in [0.2, 0.25) is 0 Å². The fourth-order valence-corrected chi connectivity index (χ4v) is 3.64. The Labute approximate surface area is 186 Å². The summed E-state index contributed by atoms with van der Waals surface area (Å²) in [5.74, 6) is 0.506. The molecule has 1 aliphatic carbocycles. The summed E-state index contributed by atoms with van der Waals surface area (Å²) >= 11 is 1.44. The molecular weight excluding hydrogens is 490 g/mol. The van der Waals surface area contributed by atoms with Gasteiger partial charge in [-0.15, -0.1) is 35.3 Å². The van der Waals surface area contributed by atoms with Crippen molar-refractivity contribution >= 4 is 47.2 Å². The van der Waals surface area contributed by atoms with Gasteiger partial charge in [0.15, 0.2) is 5.96 Å². The van der Waals surface area contributed by atoms with Crippen LogP contribution in [0.1, 0.15) is 34.5 Å². The fourth-order valence-electron chi connectivity index (χ4n) is 3.00. The van der Waals surface area contributed by atoms with Gasteiger partial charge in [-0.05, 0) is 48.4 Å². The van der Waals surface area contributed by atoms with Crippen LogP contribution in [-0.2, 0) is 5.41 Å². The highest BCUT2D eigenvalue weighted by Gasteiger charge is 2.44. The monoisotopic (exact) mass is 516 g/mol. The van der Waals surface area contributed by atoms with Crippen LogP contribution in [0.15, 0.2) is 46.8 Å². The first-order valence-electron chi connectivity index (χ1n) is 9.15. The summed E-state index contributed by atoms with van der Waals surface area (Å²) in [7, 11) is 1.73. The fraction of sp³-hybridized carbons (Fsp3) is 0.400. The summed E-state index contributed by atoms with van der Waals surface area (Å²) in [5.41, 5.74) is 1.05. The van der Waals surface area contributed by atoms with Crippen molar-refractivity contribution in [1.82, 2.24) is 16.0 Å². The summed E-state index contributed by atoms with van der Waals surface area (Å²) in [5, 5.41) is 11.4. The summed E-state index contributed by atoms with van der Waals surface area (Å²) in [6.07, 6.45) is 2.90. The lowest BCUT2D eigenvalue weighted by Gasteiger charge is -2.19. The van der Waals surface area contributed by atoms with Gasteiger partial charge in [-0.2, -0.15) is 0 Å². The third-order valence-corrected chi connectivity index (χ3v) is 5.65. The van der Waals surface area contributed by atoms with Gasteiger partial charge in [0.1, 0.15) is 5.82 Å². The van der Waals surface area contributed by atoms with Crippen LogP contribution in [0, 0.1) is 5.82 Å². The molecular formula is C20H26FIN4OS. The molecule has 1 heterocycles. The molecule has 8 heteroatoms. The van der Waals surface area contributed by atoms with Crippen LogP contribution in [0.4, 0.5) is 4.39 Å². The summed E-state index contributed by atoms with van der Waals surface area (Å²) in [4.78, 5) is 16.8. The van der Waals surface area contributed by atoms with E-state index in [1.807, 2.05) is 23.6 Å². The van der Waals surface area contributed by atoms with E-state index < -0.39 is 0 Å². The van der Waals surface area contributed by atoms with Crippen molar-refractivity contribution < 1.29 is 9.18 Å². The van der Waals surface area contributed by atoms with Gasteiger partial charge >= 0.3 is 0 Å². The highest BCUT2D eigenvalue weighted by molar-refractivity contribution is 14.0. The Morgan fingerprint density at radius 3 is 2.61 bits per heavy atom. The number of hydrogen-bond donors (Lipinski definition) is 3. The lowest BCUT2D eigenvalue weighted by atomic mass is 9.96. The molecule has 0 atom stereocenters. The quantitative estimate of drug-likeness (QED) is 0.218. The molecule has 0 unspecified atom stereocenters. The Balaban J connectivity index is 0.00000280. The van der Waals surface area contributed by atoms with Gasteiger partial charge in [-0.1, -0.05) is 18.2 Å². The van der Waals surface area contributed by atoms with E-state index in [1.54, 1.807) is 19.2 Å². The van der Waals surface area contributed by atoms with Crippen LogP contribution in [-0.4, -0.2) is 38.5 Å². The second-order valence-electron chi connectivity index (χ2n) is 6.73. The van der Waals surface area contributed by atoms with Crippen LogP contribution in [0.25, 0.3) is 0 Å². The second-order valence-corrected chi connectivity index (χ2v) is 7.68. The largest absolute Gasteiger partial charge is 0.356 e. The van der Waals surface area contributed by atoms with Crippen molar-refractivity contribution in [3.05, 3.63) is 58.0 Å². The summed E-state index contributed by atoms with van der Waals surface area (Å²) in [6, 6.07) is 10.5. The van der Waals surface area contributed by atoms with Gasteiger partial charge in [0.2, 0.25) is 0 Å². The number of nitrogens with zero attached hydrogens (tertiary/aromatic N) is 1. The standard InChI is InChI=1S/C20H25FN4OS.HI/c1-22-19(24-11-4-10-23-18(26)17-7-3-12-27-17)25-14-20(8-9-20)15-5-2-6-16(21)13-15;/h2-3,5-7,12-13H,4,8-11,14H2,1H3,(H,23,26)(H2,22,24,25);1H. The van der Waals surface area contributed by atoms with Crippen LogP contribution < -0.4 is 16.0 Å². The van der Waals surface area contributed by atoms with E-state index in [0.717, 1.165) is 42.2 Å². The van der Waals surface area contributed by atoms with Gasteiger partial charge in [-0.25, -0.2) is 4.39 Å². The topological polar surface area (TPSA) is 65.5 Å². The van der Waals surface area contributed by atoms with Crippen LogP contribution in [0.5, 0.6) is 0 Å². The average Bonchev–Trinajstić information content (AvgIpc) is 3.26. The van der Waals surface area contributed by atoms with Crippen molar-refractivity contribution in [3.8, 4) is 0 Å². The number of rotatable bonds is 8. The summed E-state index contributed by atoms with van der Waals surface area (Å²) < 4.78 is 13.5. The molecule has 1 aromatic heterocycles. The number of carbonyl (C=O) groups is 1. The molecule has 1 aliphatic rings. The van der Waals surface area contributed by atoms with Gasteiger partial charge in [0, 0.05) is 32.1 Å². The molecule has 0 saturated heterocycles. The molecule has 3 rings (SSSR count). The molecule has 0 radical (unpaired) electrons. The van der Waals surface area contributed by atoms with Gasteiger partial charge < -0.3 is 16.0 Å². The number of guanidine groups is 1. The third kappa shape index (κ3) is 6.16. The van der Waals surface area contributed by atoms with E-state index in [9.17, 15) is 9.18 Å². The van der Waals surface area contributed by atoms with E-state index >= 15 is 0 Å². The first-order chi connectivity index (χ1) is 13.1. The Kier molecular flexibility index (Phi) is 8.68. The molecule has 0 spiro atoms. The van der Waals surface area contributed by atoms with Crippen molar-refractivity contribution in [2.75, 3.05) is 26.7 Å². The number of halogens is 2. The number of aliphatic imine (C=N–C) groups is 1. The second kappa shape index (κ2) is 10.8. The minimum absolute atomic E-state index is 0. The highest BCUT2D eigenvalue weighted by atomic mass is 127. The maximum atomic E-state index is 13.5. The molecule has 1 saturated carbocycles. The zero-order chi connectivity index (χ0) is 19.1. The van der Waals surface area contributed by atoms with E-state index in [2.05, 4.69) is 20.9 Å². The van der Waals surface area contributed by atoms with E-state index in [0.29, 0.717) is 13.1 Å². The van der Waals surface area contributed by atoms with E-state index in [4.69, 9.17) is 0 Å². The maximum absolute atomic E-state index is 13.5. The molecule has 28 heavy (non-hydrogen) atoms. The van der Waals surface area contributed by atoms with Gasteiger partial charge in [0.05, 0.1) is 4.88 Å². The van der Waals surface area contributed by atoms with Crippen molar-refractivity contribution in [2.45, 2.75) is 24.7 Å². The van der Waals surface area contributed by atoms with Gasteiger partial charge in [0.25, 0.3) is 5.91 Å². The van der Waals surface area contributed by atoms with Crippen molar-refractivity contribution in [2.24, 2.45) is 4.99 Å². The Morgan fingerprint density at radius 2 is 1.96 bits per heavy atom. The lowest BCUT2D eigenvalue weighted by molar-refractivity contribution is 0.0957. The first kappa shape index (κ1) is 22.6. The molecule has 1 fully saturated rings. The molecule has 3 N–H and O–H groups in total.